The average molecular weight is 686 g/mol. The number of aromatic nitrogens is 1. The van der Waals surface area contributed by atoms with Gasteiger partial charge in [0, 0.05) is 18.0 Å². The minimum atomic E-state index is -1.03. The van der Waals surface area contributed by atoms with Crippen molar-refractivity contribution in [2.75, 3.05) is 0 Å². The summed E-state index contributed by atoms with van der Waals surface area (Å²) in [6, 6.07) is 15.8. The van der Waals surface area contributed by atoms with Crippen LogP contribution in [-0.4, -0.2) is 59.1 Å². The summed E-state index contributed by atoms with van der Waals surface area (Å²) < 4.78 is 26.1. The average Bonchev–Trinajstić information content (AvgIpc) is 3.60. The maximum absolute atomic E-state index is 14.3. The number of para-hydroxylation sites is 1. The molecule has 0 spiro atoms. The van der Waals surface area contributed by atoms with Crippen LogP contribution in [0.4, 0.5) is 9.59 Å². The van der Waals surface area contributed by atoms with Gasteiger partial charge in [-0.15, -0.1) is 0 Å². The van der Waals surface area contributed by atoms with Gasteiger partial charge in [-0.1, -0.05) is 76.2 Å². The number of ether oxygens (including phenoxy) is 2. The molecule has 2 heterocycles. The van der Waals surface area contributed by atoms with Crippen LogP contribution >= 0.6 is 0 Å². The normalized spacial score (nSPS) is 25.0. The zero-order chi connectivity index (χ0) is 36.0. The highest BCUT2D eigenvalue weighted by molar-refractivity contribution is 6.48. The van der Waals surface area contributed by atoms with Gasteiger partial charge in [0.15, 0.2) is 0 Å². The molecule has 7 rings (SSSR count). The van der Waals surface area contributed by atoms with Gasteiger partial charge in [-0.05, 0) is 87.3 Å². The minimum Gasteiger partial charge on any atom is -0.445 e. The van der Waals surface area contributed by atoms with Crippen LogP contribution in [0, 0.1) is 23.2 Å². The molecule has 3 aliphatic carbocycles. The van der Waals surface area contributed by atoms with Crippen LogP contribution in [0.1, 0.15) is 85.8 Å². The summed E-state index contributed by atoms with van der Waals surface area (Å²) >= 11 is 0. The Morgan fingerprint density at radius 1 is 1.00 bits per heavy atom. The number of rotatable bonds is 10. The molecule has 4 aliphatic rings. The maximum atomic E-state index is 14.3. The highest BCUT2D eigenvalue weighted by atomic mass is 16.7. The topological polar surface area (TPSA) is 117 Å². The molecule has 1 aliphatic heterocycles. The zero-order valence-corrected chi connectivity index (χ0v) is 30.7. The fraction of sp³-hybridized carbons (Fsp3) is 0.564. The van der Waals surface area contributed by atoms with Crippen LogP contribution in [0.15, 0.2) is 60.8 Å². The summed E-state index contributed by atoms with van der Waals surface area (Å²) in [5, 5.41) is 6.82. The highest BCUT2D eigenvalue weighted by Crippen LogP contribution is 2.65. The Morgan fingerprint density at radius 3 is 2.38 bits per heavy atom. The number of hydrogen-bond donors (Lipinski definition) is 2. The number of carbonyl (C=O) groups is 3. The summed E-state index contributed by atoms with van der Waals surface area (Å²) in [5.74, 6) is 0.387. The van der Waals surface area contributed by atoms with Crippen molar-refractivity contribution < 1.29 is 33.2 Å². The monoisotopic (exact) mass is 685 g/mol. The molecule has 2 aromatic carbocycles. The molecular weight excluding hydrogens is 633 g/mol. The third kappa shape index (κ3) is 7.30. The molecule has 0 unspecified atom stereocenters. The van der Waals surface area contributed by atoms with E-state index in [9.17, 15) is 14.4 Å². The van der Waals surface area contributed by atoms with E-state index in [2.05, 4.69) is 45.3 Å². The molecule has 2 N–H and O–H groups in total. The molecule has 10 nitrogen and oxygen atoms in total. The van der Waals surface area contributed by atoms with E-state index in [1.165, 1.54) is 4.57 Å². The number of nitrogens with zero attached hydrogens (tertiary/aromatic N) is 1. The lowest BCUT2D eigenvalue weighted by Crippen LogP contribution is -2.65. The fourth-order valence-corrected chi connectivity index (χ4v) is 8.31. The fourth-order valence-electron chi connectivity index (χ4n) is 8.31. The van der Waals surface area contributed by atoms with Gasteiger partial charge in [0.05, 0.1) is 23.2 Å². The Balaban J connectivity index is 1.25. The van der Waals surface area contributed by atoms with Gasteiger partial charge in [0.1, 0.15) is 18.2 Å². The molecule has 4 fully saturated rings. The summed E-state index contributed by atoms with van der Waals surface area (Å²) in [7, 11) is -0.619. The maximum Gasteiger partial charge on any atom is 0.481 e. The zero-order valence-electron chi connectivity index (χ0n) is 30.7. The second-order valence-corrected chi connectivity index (χ2v) is 16.6. The smallest absolute Gasteiger partial charge is 0.445 e. The summed E-state index contributed by atoms with van der Waals surface area (Å²) in [5.41, 5.74) is 1.23. The largest absolute Gasteiger partial charge is 0.481 e. The van der Waals surface area contributed by atoms with Crippen molar-refractivity contribution in [3.8, 4) is 0 Å². The van der Waals surface area contributed by atoms with Crippen LogP contribution in [0.3, 0.4) is 0 Å². The van der Waals surface area contributed by atoms with Crippen molar-refractivity contribution in [2.24, 2.45) is 23.2 Å². The molecule has 3 saturated carbocycles. The lowest BCUT2D eigenvalue weighted by Gasteiger charge is -2.64. The number of fused-ring (bicyclic) bond motifs is 1. The van der Waals surface area contributed by atoms with Gasteiger partial charge >= 0.3 is 19.3 Å². The number of nitrogens with one attached hydrogen (secondary N) is 2. The second-order valence-electron chi connectivity index (χ2n) is 16.6. The second kappa shape index (κ2) is 13.7. The predicted molar refractivity (Wildman–Crippen MR) is 192 cm³/mol. The van der Waals surface area contributed by atoms with E-state index in [0.717, 1.165) is 23.8 Å². The molecule has 1 saturated heterocycles. The SMILES string of the molecule is CC(C)C[C@H](NC(=O)[C@H](Cc1cn(C(=O)OC(C)(C)C)c2ccccc12)NC(=O)OCc1ccccc1)B1O[C@@H]2C[C@@H]3C[C@@H](C3(C)C)[C@]2(C)O1. The highest BCUT2D eigenvalue weighted by Gasteiger charge is 2.68. The number of alkyl carbamates (subject to hydrolysis) is 1. The quantitative estimate of drug-likeness (QED) is 0.220. The number of amides is 2. The first-order valence-corrected chi connectivity index (χ1v) is 18.0. The molecule has 3 aromatic rings. The first kappa shape index (κ1) is 36.0. The van der Waals surface area contributed by atoms with Crippen LogP contribution in [0.5, 0.6) is 0 Å². The lowest BCUT2D eigenvalue weighted by molar-refractivity contribution is -0.199. The Morgan fingerprint density at radius 2 is 1.70 bits per heavy atom. The molecule has 1 aromatic heterocycles. The van der Waals surface area contributed by atoms with E-state index in [1.54, 1.807) is 6.20 Å². The minimum absolute atomic E-state index is 0.0308. The standard InChI is InChI=1S/C39H52BN3O7/c1-24(2)18-33(40-49-32-21-27-20-31(38(27,6)7)39(32,8)50-40)42-34(44)29(41-35(45)47-23-25-14-10-9-11-15-25)19-26-22-43(36(46)48-37(3,4)5)30-17-13-12-16-28(26)30/h9-17,22,24,27,29,31-33H,18-21,23H2,1-8H3,(H,41,45)(H,42,44)/t27-,29-,31-,32+,33-,39-/m0/s1. The first-order valence-electron chi connectivity index (χ1n) is 18.0. The molecular formula is C39H52BN3O7. The van der Waals surface area contributed by atoms with E-state index in [-0.39, 0.29) is 30.5 Å². The van der Waals surface area contributed by atoms with Crippen molar-refractivity contribution in [3.63, 3.8) is 0 Å². The Bertz CT molecular complexity index is 1720. The Labute approximate surface area is 296 Å². The molecule has 0 radical (unpaired) electrons. The molecule has 2 bridgehead atoms. The summed E-state index contributed by atoms with van der Waals surface area (Å²) in [6.07, 6.45) is 3.20. The molecule has 6 atom stereocenters. The van der Waals surface area contributed by atoms with E-state index < -0.39 is 48.4 Å². The van der Waals surface area contributed by atoms with Gasteiger partial charge in [0.25, 0.3) is 0 Å². The van der Waals surface area contributed by atoms with Crippen molar-refractivity contribution in [1.29, 1.82) is 0 Å². The third-order valence-corrected chi connectivity index (χ3v) is 11.0. The predicted octanol–water partition coefficient (Wildman–Crippen LogP) is 7.06. The number of benzene rings is 2. The number of carbonyl (C=O) groups excluding carboxylic acids is 3. The Kier molecular flexibility index (Phi) is 9.87. The van der Waals surface area contributed by atoms with E-state index in [4.69, 9.17) is 18.8 Å². The van der Waals surface area contributed by atoms with Gasteiger partial charge in [0.2, 0.25) is 5.91 Å². The molecule has 268 valence electrons. The van der Waals surface area contributed by atoms with Crippen molar-refractivity contribution in [3.05, 3.63) is 71.9 Å². The lowest BCUT2D eigenvalue weighted by atomic mass is 9.43. The van der Waals surface area contributed by atoms with Crippen molar-refractivity contribution >= 4 is 36.1 Å². The molecule has 2 amide bonds. The Hall–Kier alpha value is -3.83. The van der Waals surface area contributed by atoms with Gasteiger partial charge in [-0.25, -0.2) is 9.59 Å². The van der Waals surface area contributed by atoms with Gasteiger partial charge < -0.3 is 29.4 Å². The summed E-state index contributed by atoms with van der Waals surface area (Å²) in [6.45, 7) is 16.5. The van der Waals surface area contributed by atoms with Crippen molar-refractivity contribution in [1.82, 2.24) is 15.2 Å². The van der Waals surface area contributed by atoms with Crippen LogP contribution in [0.25, 0.3) is 10.9 Å². The van der Waals surface area contributed by atoms with E-state index in [1.807, 2.05) is 75.4 Å². The molecule has 50 heavy (non-hydrogen) atoms. The number of hydrogen-bond acceptors (Lipinski definition) is 7. The van der Waals surface area contributed by atoms with Crippen LogP contribution in [-0.2, 0) is 36.6 Å². The van der Waals surface area contributed by atoms with Crippen molar-refractivity contribution in [2.45, 2.75) is 117 Å². The van der Waals surface area contributed by atoms with E-state index >= 15 is 0 Å². The molecule has 11 heteroatoms. The van der Waals surface area contributed by atoms with Crippen LogP contribution < -0.4 is 10.6 Å². The van der Waals surface area contributed by atoms with E-state index in [0.29, 0.717) is 29.3 Å². The third-order valence-electron chi connectivity index (χ3n) is 11.0. The van der Waals surface area contributed by atoms with Crippen LogP contribution in [0.2, 0.25) is 0 Å². The summed E-state index contributed by atoms with van der Waals surface area (Å²) in [4.78, 5) is 40.8. The van der Waals surface area contributed by atoms with Gasteiger partial charge in [-0.3, -0.25) is 9.36 Å². The van der Waals surface area contributed by atoms with Gasteiger partial charge in [-0.2, -0.15) is 0 Å². The first-order chi connectivity index (χ1) is 23.5.